The van der Waals surface area contributed by atoms with Gasteiger partial charge in [0.1, 0.15) is 5.51 Å². The van der Waals surface area contributed by atoms with Crippen LogP contribution in [-0.2, 0) is 4.74 Å². The van der Waals surface area contributed by atoms with Crippen LogP contribution in [-0.4, -0.2) is 60.0 Å². The number of carbonyl (C=O) groups is 1. The molecular formula is C13H23N5O2S. The number of nitrogens with zero attached hydrogens (tertiary/aromatic N) is 3. The Morgan fingerprint density at radius 3 is 2.86 bits per heavy atom. The number of ether oxygens (including phenoxy) is 1. The van der Waals surface area contributed by atoms with E-state index >= 15 is 0 Å². The van der Waals surface area contributed by atoms with Crippen molar-refractivity contribution in [3.8, 4) is 0 Å². The van der Waals surface area contributed by atoms with Crippen LogP contribution in [0.4, 0.5) is 9.93 Å². The summed E-state index contributed by atoms with van der Waals surface area (Å²) in [4.78, 5) is 14.3. The van der Waals surface area contributed by atoms with Gasteiger partial charge in [-0.05, 0) is 12.3 Å². The molecule has 1 aromatic heterocycles. The number of nitrogens with one attached hydrogen (secondary N) is 2. The lowest BCUT2D eigenvalue weighted by molar-refractivity contribution is 0.0130. The summed E-state index contributed by atoms with van der Waals surface area (Å²) in [6.07, 6.45) is 1.05. The Bertz CT molecular complexity index is 420. The van der Waals surface area contributed by atoms with Gasteiger partial charge in [-0.1, -0.05) is 25.2 Å². The van der Waals surface area contributed by atoms with E-state index in [9.17, 15) is 4.79 Å². The summed E-state index contributed by atoms with van der Waals surface area (Å²) in [5.74, 6) is 0.589. The molecule has 7 nitrogen and oxygen atoms in total. The summed E-state index contributed by atoms with van der Waals surface area (Å²) in [6.45, 7) is 8.43. The second-order valence-corrected chi connectivity index (χ2v) is 6.34. The van der Waals surface area contributed by atoms with Crippen LogP contribution in [0.15, 0.2) is 5.51 Å². The van der Waals surface area contributed by atoms with E-state index in [1.807, 2.05) is 0 Å². The van der Waals surface area contributed by atoms with Crippen molar-refractivity contribution in [3.05, 3.63) is 5.51 Å². The number of amides is 2. The van der Waals surface area contributed by atoms with Crippen molar-refractivity contribution < 1.29 is 9.53 Å². The first-order chi connectivity index (χ1) is 10.1. The third-order valence-corrected chi connectivity index (χ3v) is 3.99. The SMILES string of the molecule is CC(C)C[C@@H](CNC(=O)Nc1nncs1)N1CCOCC1. The predicted octanol–water partition coefficient (Wildman–Crippen LogP) is 1.41. The maximum atomic E-state index is 11.9. The van der Waals surface area contributed by atoms with Gasteiger partial charge in [0, 0.05) is 25.7 Å². The lowest BCUT2D eigenvalue weighted by Gasteiger charge is -2.35. The molecule has 0 bridgehead atoms. The van der Waals surface area contributed by atoms with Gasteiger partial charge < -0.3 is 10.1 Å². The minimum absolute atomic E-state index is 0.228. The fourth-order valence-electron chi connectivity index (χ4n) is 2.43. The van der Waals surface area contributed by atoms with Crippen molar-refractivity contribution in [1.82, 2.24) is 20.4 Å². The van der Waals surface area contributed by atoms with Crippen LogP contribution in [0, 0.1) is 5.92 Å². The molecule has 2 N–H and O–H groups in total. The fourth-order valence-corrected chi connectivity index (χ4v) is 2.87. The van der Waals surface area contributed by atoms with Gasteiger partial charge in [-0.3, -0.25) is 10.2 Å². The van der Waals surface area contributed by atoms with Gasteiger partial charge in [-0.15, -0.1) is 10.2 Å². The molecule has 2 rings (SSSR count). The number of hydrogen-bond acceptors (Lipinski definition) is 6. The van der Waals surface area contributed by atoms with Gasteiger partial charge >= 0.3 is 6.03 Å². The van der Waals surface area contributed by atoms with E-state index < -0.39 is 0 Å². The molecule has 0 spiro atoms. The molecule has 0 saturated carbocycles. The Morgan fingerprint density at radius 2 is 2.24 bits per heavy atom. The van der Waals surface area contributed by atoms with E-state index in [0.717, 1.165) is 32.7 Å². The molecule has 1 aliphatic heterocycles. The Labute approximate surface area is 129 Å². The highest BCUT2D eigenvalue weighted by molar-refractivity contribution is 7.13. The van der Waals surface area contributed by atoms with Crippen molar-refractivity contribution >= 4 is 22.5 Å². The molecule has 21 heavy (non-hydrogen) atoms. The molecule has 0 aliphatic carbocycles. The van der Waals surface area contributed by atoms with Crippen molar-refractivity contribution in [2.75, 3.05) is 38.2 Å². The Kier molecular flexibility index (Phi) is 6.34. The van der Waals surface area contributed by atoms with Crippen molar-refractivity contribution in [3.63, 3.8) is 0 Å². The van der Waals surface area contributed by atoms with E-state index in [-0.39, 0.29) is 6.03 Å². The molecule has 1 aliphatic rings. The number of urea groups is 1. The third kappa shape index (κ3) is 5.56. The van der Waals surface area contributed by atoms with Gasteiger partial charge in [0.05, 0.1) is 13.2 Å². The summed E-state index contributed by atoms with van der Waals surface area (Å²) < 4.78 is 5.40. The first kappa shape index (κ1) is 16.1. The molecule has 2 heterocycles. The van der Waals surface area contributed by atoms with Gasteiger partial charge in [0.2, 0.25) is 5.13 Å². The van der Waals surface area contributed by atoms with Crippen LogP contribution in [0.1, 0.15) is 20.3 Å². The van der Waals surface area contributed by atoms with E-state index in [0.29, 0.717) is 23.6 Å². The highest BCUT2D eigenvalue weighted by Crippen LogP contribution is 2.13. The second-order valence-electron chi connectivity index (χ2n) is 5.51. The average molecular weight is 313 g/mol. The summed E-state index contributed by atoms with van der Waals surface area (Å²) in [5, 5.41) is 13.6. The number of morpholine rings is 1. The number of anilines is 1. The third-order valence-electron chi connectivity index (χ3n) is 3.38. The Hall–Kier alpha value is -1.25. The minimum atomic E-state index is -0.228. The molecule has 1 aromatic rings. The Balaban J connectivity index is 1.81. The van der Waals surface area contributed by atoms with E-state index in [2.05, 4.69) is 39.6 Å². The molecule has 118 valence electrons. The lowest BCUT2D eigenvalue weighted by atomic mass is 10.0. The molecule has 8 heteroatoms. The van der Waals surface area contributed by atoms with E-state index in [1.54, 1.807) is 5.51 Å². The summed E-state index contributed by atoms with van der Waals surface area (Å²) >= 11 is 1.30. The van der Waals surface area contributed by atoms with Crippen molar-refractivity contribution in [2.45, 2.75) is 26.3 Å². The summed E-state index contributed by atoms with van der Waals surface area (Å²) in [7, 11) is 0. The highest BCUT2D eigenvalue weighted by Gasteiger charge is 2.22. The zero-order valence-corrected chi connectivity index (χ0v) is 13.4. The molecule has 1 fully saturated rings. The molecule has 0 unspecified atom stereocenters. The van der Waals surface area contributed by atoms with Gasteiger partial charge in [0.15, 0.2) is 0 Å². The topological polar surface area (TPSA) is 79.4 Å². The molecule has 0 aromatic carbocycles. The average Bonchev–Trinajstić information content (AvgIpc) is 2.97. The quantitative estimate of drug-likeness (QED) is 0.830. The minimum Gasteiger partial charge on any atom is -0.379 e. The lowest BCUT2D eigenvalue weighted by Crippen LogP contribution is -2.49. The normalized spacial score (nSPS) is 17.7. The van der Waals surface area contributed by atoms with Gasteiger partial charge in [-0.25, -0.2) is 4.79 Å². The first-order valence-corrected chi connectivity index (χ1v) is 8.16. The molecule has 2 amide bonds. The number of rotatable bonds is 6. The number of hydrogen-bond donors (Lipinski definition) is 2. The van der Waals surface area contributed by atoms with Crippen LogP contribution in [0.2, 0.25) is 0 Å². The molecular weight excluding hydrogens is 290 g/mol. The van der Waals surface area contributed by atoms with Crippen molar-refractivity contribution in [2.24, 2.45) is 5.92 Å². The fraction of sp³-hybridized carbons (Fsp3) is 0.769. The Morgan fingerprint density at radius 1 is 1.48 bits per heavy atom. The molecule has 1 saturated heterocycles. The predicted molar refractivity (Wildman–Crippen MR) is 82.6 cm³/mol. The summed E-state index contributed by atoms with van der Waals surface area (Å²) in [6, 6.07) is 0.114. The second kappa shape index (κ2) is 8.26. The van der Waals surface area contributed by atoms with Crippen LogP contribution in [0.5, 0.6) is 0 Å². The van der Waals surface area contributed by atoms with E-state index in [4.69, 9.17) is 4.74 Å². The van der Waals surface area contributed by atoms with Crippen LogP contribution in [0.3, 0.4) is 0 Å². The maximum absolute atomic E-state index is 11.9. The summed E-state index contributed by atoms with van der Waals surface area (Å²) in [5.41, 5.74) is 1.59. The van der Waals surface area contributed by atoms with Crippen molar-refractivity contribution in [1.29, 1.82) is 0 Å². The first-order valence-electron chi connectivity index (χ1n) is 7.28. The van der Waals surface area contributed by atoms with Gasteiger partial charge in [0.25, 0.3) is 0 Å². The highest BCUT2D eigenvalue weighted by atomic mass is 32.1. The molecule has 1 atom stereocenters. The van der Waals surface area contributed by atoms with Crippen LogP contribution < -0.4 is 10.6 Å². The van der Waals surface area contributed by atoms with E-state index in [1.165, 1.54) is 11.3 Å². The monoisotopic (exact) mass is 313 g/mol. The zero-order chi connectivity index (χ0) is 15.1. The molecule has 0 radical (unpaired) electrons. The number of carbonyl (C=O) groups excluding carboxylic acids is 1. The largest absolute Gasteiger partial charge is 0.379 e. The standard InChI is InChI=1S/C13H23N5O2S/c1-10(2)7-11(18-3-5-20-6-4-18)8-14-12(19)16-13-17-15-9-21-13/h9-11H,3-8H2,1-2H3,(H2,14,16,17,19)/t11-/m0/s1. The number of aromatic nitrogens is 2. The van der Waals surface area contributed by atoms with Crippen LogP contribution >= 0.6 is 11.3 Å². The zero-order valence-electron chi connectivity index (χ0n) is 12.5. The van der Waals surface area contributed by atoms with Crippen LogP contribution in [0.25, 0.3) is 0 Å². The maximum Gasteiger partial charge on any atom is 0.321 e. The van der Waals surface area contributed by atoms with Gasteiger partial charge in [-0.2, -0.15) is 0 Å². The smallest absolute Gasteiger partial charge is 0.321 e.